The van der Waals surface area contributed by atoms with E-state index < -0.39 is 6.10 Å². The molecule has 0 aliphatic carbocycles. The van der Waals surface area contributed by atoms with Crippen molar-refractivity contribution in [3.05, 3.63) is 64.2 Å². The van der Waals surface area contributed by atoms with Crippen molar-refractivity contribution in [2.75, 3.05) is 0 Å². The molecule has 0 saturated carbocycles. The third kappa shape index (κ3) is 4.85. The van der Waals surface area contributed by atoms with Crippen LogP contribution in [0.4, 0.5) is 0 Å². The molecule has 0 aromatic heterocycles. The van der Waals surface area contributed by atoms with E-state index in [0.717, 1.165) is 23.3 Å². The molecule has 2 rings (SSSR count). The fourth-order valence-electron chi connectivity index (χ4n) is 2.87. The van der Waals surface area contributed by atoms with E-state index in [1.807, 2.05) is 26.0 Å². The number of benzene rings is 2. The van der Waals surface area contributed by atoms with Gasteiger partial charge in [0.15, 0.2) is 6.10 Å². The second-order valence-corrected chi connectivity index (χ2v) is 6.84. The Hall–Kier alpha value is -2.29. The zero-order valence-corrected chi connectivity index (χ0v) is 16.1. The molecule has 0 heterocycles. The van der Waals surface area contributed by atoms with Gasteiger partial charge in [0.25, 0.3) is 5.91 Å². The van der Waals surface area contributed by atoms with E-state index in [2.05, 4.69) is 50.4 Å². The van der Waals surface area contributed by atoms with Crippen molar-refractivity contribution in [1.29, 1.82) is 0 Å². The first-order valence-corrected chi connectivity index (χ1v) is 8.93. The zero-order chi connectivity index (χ0) is 18.6. The molecule has 0 aliphatic rings. The lowest BCUT2D eigenvalue weighted by Gasteiger charge is -2.22. The summed E-state index contributed by atoms with van der Waals surface area (Å²) < 4.78 is 5.87. The maximum Gasteiger partial charge on any atom is 0.261 e. The molecule has 0 bridgehead atoms. The molecule has 3 nitrogen and oxygen atoms in total. The lowest BCUT2D eigenvalue weighted by Crippen LogP contribution is -2.38. The molecule has 1 amide bonds. The largest absolute Gasteiger partial charge is 0.481 e. The molecule has 0 fully saturated rings. The van der Waals surface area contributed by atoms with E-state index in [1.165, 1.54) is 16.7 Å². The van der Waals surface area contributed by atoms with Gasteiger partial charge >= 0.3 is 0 Å². The van der Waals surface area contributed by atoms with Crippen LogP contribution in [0.5, 0.6) is 5.75 Å². The van der Waals surface area contributed by atoms with Gasteiger partial charge in [-0.3, -0.25) is 4.79 Å². The summed E-state index contributed by atoms with van der Waals surface area (Å²) in [4.78, 5) is 12.6. The Morgan fingerprint density at radius 3 is 2.32 bits per heavy atom. The number of hydrogen-bond donors (Lipinski definition) is 1. The maximum atomic E-state index is 12.6. The molecular weight excluding hydrogens is 310 g/mol. The van der Waals surface area contributed by atoms with Crippen LogP contribution in [0, 0.1) is 27.7 Å². The molecule has 0 unspecified atom stereocenters. The monoisotopic (exact) mass is 339 g/mol. The molecule has 2 aromatic rings. The highest BCUT2D eigenvalue weighted by Gasteiger charge is 2.20. The minimum absolute atomic E-state index is 0.00281. The maximum absolute atomic E-state index is 12.6. The van der Waals surface area contributed by atoms with Gasteiger partial charge in [0.1, 0.15) is 5.75 Å². The smallest absolute Gasteiger partial charge is 0.261 e. The molecule has 0 spiro atoms. The Balaban J connectivity index is 2.06. The first-order valence-electron chi connectivity index (χ1n) is 8.93. The fourth-order valence-corrected chi connectivity index (χ4v) is 2.87. The molecule has 0 saturated heterocycles. The molecule has 1 N–H and O–H groups in total. The van der Waals surface area contributed by atoms with Crippen LogP contribution in [0.15, 0.2) is 36.4 Å². The third-order valence-corrected chi connectivity index (χ3v) is 4.66. The normalized spacial score (nSPS) is 13.2. The summed E-state index contributed by atoms with van der Waals surface area (Å²) in [5.41, 5.74) is 5.86. The van der Waals surface area contributed by atoms with E-state index in [1.54, 1.807) is 6.92 Å². The van der Waals surface area contributed by atoms with Crippen LogP contribution in [0.1, 0.15) is 54.1 Å². The lowest BCUT2D eigenvalue weighted by atomic mass is 9.99. The van der Waals surface area contributed by atoms with Crippen LogP contribution in [0.25, 0.3) is 0 Å². The van der Waals surface area contributed by atoms with E-state index in [-0.39, 0.29) is 11.9 Å². The topological polar surface area (TPSA) is 38.3 Å². The van der Waals surface area contributed by atoms with Crippen LogP contribution in [-0.4, -0.2) is 12.0 Å². The Morgan fingerprint density at radius 2 is 1.72 bits per heavy atom. The Labute approximate surface area is 151 Å². The van der Waals surface area contributed by atoms with Crippen molar-refractivity contribution in [3.8, 4) is 5.75 Å². The number of nitrogens with one attached hydrogen (secondary N) is 1. The first kappa shape index (κ1) is 19.0. The average Bonchev–Trinajstić information content (AvgIpc) is 2.57. The number of carbonyl (C=O) groups is 1. The summed E-state index contributed by atoms with van der Waals surface area (Å²) in [6.07, 6.45) is 0.298. The van der Waals surface area contributed by atoms with Gasteiger partial charge in [-0.05, 0) is 69.4 Å². The van der Waals surface area contributed by atoms with Gasteiger partial charge in [0.05, 0.1) is 6.04 Å². The van der Waals surface area contributed by atoms with Crippen molar-refractivity contribution < 1.29 is 9.53 Å². The van der Waals surface area contributed by atoms with Crippen molar-refractivity contribution in [3.63, 3.8) is 0 Å². The van der Waals surface area contributed by atoms with Crippen LogP contribution in [-0.2, 0) is 4.79 Å². The van der Waals surface area contributed by atoms with Crippen LogP contribution in [0.3, 0.4) is 0 Å². The Kier molecular flexibility index (Phi) is 6.24. The second kappa shape index (κ2) is 8.19. The number of aryl methyl sites for hydroxylation is 4. The van der Waals surface area contributed by atoms with Crippen molar-refractivity contribution in [2.45, 2.75) is 60.1 Å². The summed E-state index contributed by atoms with van der Waals surface area (Å²) in [5.74, 6) is 0.664. The fraction of sp³-hybridized carbons (Fsp3) is 0.409. The lowest BCUT2D eigenvalue weighted by molar-refractivity contribution is -0.128. The van der Waals surface area contributed by atoms with Crippen LogP contribution < -0.4 is 10.1 Å². The standard InChI is InChI=1S/C22H29NO2/c1-7-20(19-10-9-15(3)16(4)13-19)23-22(24)18(6)25-21-11-8-14(2)12-17(21)5/h8-13,18,20H,7H2,1-6H3,(H,23,24)/t18-,20-/m1/s1. The third-order valence-electron chi connectivity index (χ3n) is 4.66. The van der Waals surface area contributed by atoms with Gasteiger partial charge < -0.3 is 10.1 Å². The van der Waals surface area contributed by atoms with Gasteiger partial charge in [-0.1, -0.05) is 42.8 Å². The molecular formula is C22H29NO2. The highest BCUT2D eigenvalue weighted by molar-refractivity contribution is 5.81. The van der Waals surface area contributed by atoms with Gasteiger partial charge in [-0.2, -0.15) is 0 Å². The summed E-state index contributed by atoms with van der Waals surface area (Å²) in [5, 5.41) is 3.12. The predicted octanol–water partition coefficient (Wildman–Crippen LogP) is 4.96. The molecule has 25 heavy (non-hydrogen) atoms. The molecule has 0 radical (unpaired) electrons. The van der Waals surface area contributed by atoms with Crippen molar-refractivity contribution in [2.24, 2.45) is 0 Å². The number of carbonyl (C=O) groups excluding carboxylic acids is 1. The summed E-state index contributed by atoms with van der Waals surface area (Å²) in [6.45, 7) is 12.1. The van der Waals surface area contributed by atoms with E-state index in [4.69, 9.17) is 4.74 Å². The average molecular weight is 339 g/mol. The molecule has 134 valence electrons. The second-order valence-electron chi connectivity index (χ2n) is 6.84. The van der Waals surface area contributed by atoms with E-state index in [0.29, 0.717) is 0 Å². The highest BCUT2D eigenvalue weighted by Crippen LogP contribution is 2.22. The predicted molar refractivity (Wildman–Crippen MR) is 103 cm³/mol. The molecule has 3 heteroatoms. The molecule has 0 aliphatic heterocycles. The van der Waals surface area contributed by atoms with E-state index in [9.17, 15) is 4.79 Å². The number of hydrogen-bond acceptors (Lipinski definition) is 2. The first-order chi connectivity index (χ1) is 11.8. The minimum Gasteiger partial charge on any atom is -0.481 e. The van der Waals surface area contributed by atoms with Gasteiger partial charge in [0.2, 0.25) is 0 Å². The van der Waals surface area contributed by atoms with Crippen molar-refractivity contribution in [1.82, 2.24) is 5.32 Å². The number of ether oxygens (including phenoxy) is 1. The highest BCUT2D eigenvalue weighted by atomic mass is 16.5. The van der Waals surface area contributed by atoms with Gasteiger partial charge in [-0.25, -0.2) is 0 Å². The SMILES string of the molecule is CC[C@@H](NC(=O)[C@@H](C)Oc1ccc(C)cc1C)c1ccc(C)c(C)c1. The van der Waals surface area contributed by atoms with Crippen LogP contribution >= 0.6 is 0 Å². The summed E-state index contributed by atoms with van der Waals surface area (Å²) in [7, 11) is 0. The van der Waals surface area contributed by atoms with Crippen LogP contribution in [0.2, 0.25) is 0 Å². The zero-order valence-electron chi connectivity index (χ0n) is 16.1. The molecule has 2 atom stereocenters. The summed E-state index contributed by atoms with van der Waals surface area (Å²) in [6, 6.07) is 12.3. The van der Waals surface area contributed by atoms with Crippen molar-refractivity contribution >= 4 is 5.91 Å². The minimum atomic E-state index is -0.540. The Morgan fingerprint density at radius 1 is 1.00 bits per heavy atom. The molecule has 2 aromatic carbocycles. The quantitative estimate of drug-likeness (QED) is 0.808. The van der Waals surface area contributed by atoms with Gasteiger partial charge in [0, 0.05) is 0 Å². The number of amides is 1. The Bertz CT molecular complexity index is 752. The number of rotatable bonds is 6. The van der Waals surface area contributed by atoms with Gasteiger partial charge in [-0.15, -0.1) is 0 Å². The van der Waals surface area contributed by atoms with E-state index >= 15 is 0 Å². The summed E-state index contributed by atoms with van der Waals surface area (Å²) >= 11 is 0.